The van der Waals surface area contributed by atoms with Gasteiger partial charge < -0.3 is 10.4 Å². The SMILES string of the molecule is CNc1cc(C(=O)O)nc(-c2c(Cl)cccc2Cl)n1. The molecule has 2 rings (SSSR count). The number of halogens is 2. The second-order valence-electron chi connectivity index (χ2n) is 3.61. The second-order valence-corrected chi connectivity index (χ2v) is 4.43. The van der Waals surface area contributed by atoms with Gasteiger partial charge in [0.15, 0.2) is 11.5 Å². The van der Waals surface area contributed by atoms with Crippen LogP contribution in [-0.4, -0.2) is 28.1 Å². The zero-order valence-corrected chi connectivity index (χ0v) is 11.3. The molecular formula is C12H9Cl2N3O2. The van der Waals surface area contributed by atoms with Gasteiger partial charge in [-0.3, -0.25) is 0 Å². The van der Waals surface area contributed by atoms with Crippen molar-refractivity contribution in [1.29, 1.82) is 0 Å². The largest absolute Gasteiger partial charge is 0.477 e. The molecule has 0 aliphatic carbocycles. The summed E-state index contributed by atoms with van der Waals surface area (Å²) in [6.45, 7) is 0. The van der Waals surface area contributed by atoms with Gasteiger partial charge >= 0.3 is 5.97 Å². The number of carboxylic acid groups (broad SMARTS) is 1. The number of carboxylic acids is 1. The smallest absolute Gasteiger partial charge is 0.354 e. The number of nitrogens with one attached hydrogen (secondary N) is 1. The molecule has 2 aromatic rings. The van der Waals surface area contributed by atoms with E-state index in [0.29, 0.717) is 21.4 Å². The summed E-state index contributed by atoms with van der Waals surface area (Å²) in [4.78, 5) is 19.2. The number of carbonyl (C=O) groups is 1. The fourth-order valence-corrected chi connectivity index (χ4v) is 2.07. The minimum atomic E-state index is -1.15. The number of hydrogen-bond donors (Lipinski definition) is 2. The molecule has 0 bridgehead atoms. The summed E-state index contributed by atoms with van der Waals surface area (Å²) in [5.74, 6) is -0.610. The van der Waals surface area contributed by atoms with Crippen molar-refractivity contribution in [2.75, 3.05) is 12.4 Å². The normalized spacial score (nSPS) is 10.3. The van der Waals surface area contributed by atoms with E-state index in [2.05, 4.69) is 15.3 Å². The molecule has 0 saturated heterocycles. The summed E-state index contributed by atoms with van der Waals surface area (Å²) < 4.78 is 0. The minimum Gasteiger partial charge on any atom is -0.477 e. The van der Waals surface area contributed by atoms with E-state index in [9.17, 15) is 4.79 Å². The molecule has 98 valence electrons. The Morgan fingerprint density at radius 2 is 1.89 bits per heavy atom. The van der Waals surface area contributed by atoms with Crippen LogP contribution >= 0.6 is 23.2 Å². The molecule has 0 spiro atoms. The van der Waals surface area contributed by atoms with Crippen LogP contribution in [0.4, 0.5) is 5.82 Å². The molecule has 0 unspecified atom stereocenters. The third kappa shape index (κ3) is 2.77. The molecule has 0 aliphatic rings. The molecule has 0 radical (unpaired) electrons. The van der Waals surface area contributed by atoms with Crippen LogP contribution in [0, 0.1) is 0 Å². The van der Waals surface area contributed by atoms with E-state index in [-0.39, 0.29) is 11.5 Å². The van der Waals surface area contributed by atoms with E-state index >= 15 is 0 Å². The highest BCUT2D eigenvalue weighted by Gasteiger charge is 2.15. The highest BCUT2D eigenvalue weighted by atomic mass is 35.5. The van der Waals surface area contributed by atoms with Gasteiger partial charge in [0.25, 0.3) is 0 Å². The Balaban J connectivity index is 2.68. The van der Waals surface area contributed by atoms with Crippen molar-refractivity contribution in [3.8, 4) is 11.4 Å². The second kappa shape index (κ2) is 5.42. The minimum absolute atomic E-state index is 0.134. The van der Waals surface area contributed by atoms with Gasteiger partial charge in [0, 0.05) is 13.1 Å². The predicted molar refractivity (Wildman–Crippen MR) is 74.0 cm³/mol. The molecule has 0 saturated carbocycles. The average Bonchev–Trinajstić information content (AvgIpc) is 2.38. The lowest BCUT2D eigenvalue weighted by Crippen LogP contribution is -2.06. The van der Waals surface area contributed by atoms with Crippen LogP contribution in [0.5, 0.6) is 0 Å². The molecule has 7 heteroatoms. The Bertz CT molecular complexity index is 627. The van der Waals surface area contributed by atoms with E-state index in [0.717, 1.165) is 0 Å². The first kappa shape index (κ1) is 13.6. The topological polar surface area (TPSA) is 75.1 Å². The Hall–Kier alpha value is -1.85. The average molecular weight is 298 g/mol. The van der Waals surface area contributed by atoms with Crippen molar-refractivity contribution in [1.82, 2.24) is 9.97 Å². The highest BCUT2D eigenvalue weighted by molar-refractivity contribution is 6.39. The molecule has 19 heavy (non-hydrogen) atoms. The maximum Gasteiger partial charge on any atom is 0.354 e. The van der Waals surface area contributed by atoms with E-state index in [1.807, 2.05) is 0 Å². The Kier molecular flexibility index (Phi) is 3.87. The summed E-state index contributed by atoms with van der Waals surface area (Å²) in [6.07, 6.45) is 0. The van der Waals surface area contributed by atoms with Crippen molar-refractivity contribution < 1.29 is 9.90 Å². The molecule has 0 amide bonds. The van der Waals surface area contributed by atoms with E-state index in [4.69, 9.17) is 28.3 Å². The molecular weight excluding hydrogens is 289 g/mol. The number of anilines is 1. The van der Waals surface area contributed by atoms with Crippen LogP contribution in [-0.2, 0) is 0 Å². The molecule has 2 N–H and O–H groups in total. The number of hydrogen-bond acceptors (Lipinski definition) is 4. The van der Waals surface area contributed by atoms with Crippen LogP contribution in [0.15, 0.2) is 24.3 Å². The van der Waals surface area contributed by atoms with E-state index < -0.39 is 5.97 Å². The van der Waals surface area contributed by atoms with Crippen molar-refractivity contribution in [2.45, 2.75) is 0 Å². The van der Waals surface area contributed by atoms with Gasteiger partial charge in [-0.25, -0.2) is 14.8 Å². The Labute approximate surface area is 119 Å². The van der Waals surface area contributed by atoms with Crippen LogP contribution in [0.2, 0.25) is 10.0 Å². The summed E-state index contributed by atoms with van der Waals surface area (Å²) in [5.41, 5.74) is 0.274. The molecule has 0 fully saturated rings. The van der Waals surface area contributed by atoms with Gasteiger partial charge in [0.05, 0.1) is 15.6 Å². The molecule has 1 heterocycles. The van der Waals surface area contributed by atoms with Gasteiger partial charge in [-0.1, -0.05) is 29.3 Å². The van der Waals surface area contributed by atoms with Crippen LogP contribution in [0.25, 0.3) is 11.4 Å². The Morgan fingerprint density at radius 3 is 2.42 bits per heavy atom. The maximum absolute atomic E-state index is 11.0. The van der Waals surface area contributed by atoms with Crippen molar-refractivity contribution in [3.05, 3.63) is 40.0 Å². The number of aromatic nitrogens is 2. The van der Waals surface area contributed by atoms with E-state index in [1.165, 1.54) is 6.07 Å². The Morgan fingerprint density at radius 1 is 1.26 bits per heavy atom. The van der Waals surface area contributed by atoms with Gasteiger partial charge in [0.2, 0.25) is 0 Å². The monoisotopic (exact) mass is 297 g/mol. The van der Waals surface area contributed by atoms with Crippen LogP contribution in [0.3, 0.4) is 0 Å². The van der Waals surface area contributed by atoms with Gasteiger partial charge in [-0.05, 0) is 12.1 Å². The molecule has 0 aliphatic heterocycles. The maximum atomic E-state index is 11.0. The summed E-state index contributed by atoms with van der Waals surface area (Å²) in [5, 5.41) is 12.5. The van der Waals surface area contributed by atoms with Crippen LogP contribution < -0.4 is 5.32 Å². The number of benzene rings is 1. The zero-order valence-electron chi connectivity index (χ0n) is 9.82. The number of nitrogens with zero attached hydrogens (tertiary/aromatic N) is 2. The van der Waals surface area contributed by atoms with Crippen molar-refractivity contribution in [3.63, 3.8) is 0 Å². The quantitative estimate of drug-likeness (QED) is 0.910. The lowest BCUT2D eigenvalue weighted by atomic mass is 10.2. The fraction of sp³-hybridized carbons (Fsp3) is 0.0833. The zero-order chi connectivity index (χ0) is 14.0. The molecule has 1 aromatic carbocycles. The number of aromatic carboxylic acids is 1. The van der Waals surface area contributed by atoms with Gasteiger partial charge in [0.1, 0.15) is 5.82 Å². The molecule has 0 atom stereocenters. The van der Waals surface area contributed by atoms with Crippen molar-refractivity contribution >= 4 is 35.0 Å². The predicted octanol–water partition coefficient (Wildman–Crippen LogP) is 3.19. The van der Waals surface area contributed by atoms with Gasteiger partial charge in [-0.15, -0.1) is 0 Å². The first-order valence-corrected chi connectivity index (χ1v) is 6.03. The van der Waals surface area contributed by atoms with Gasteiger partial charge in [-0.2, -0.15) is 0 Å². The third-order valence-corrected chi connectivity index (χ3v) is 3.02. The standard InChI is InChI=1S/C12H9Cl2N3O2/c1-15-9-5-8(12(18)19)16-11(17-9)10-6(13)3-2-4-7(10)14/h2-5H,1H3,(H,18,19)(H,15,16,17). The summed E-state index contributed by atoms with van der Waals surface area (Å²) in [7, 11) is 1.63. The highest BCUT2D eigenvalue weighted by Crippen LogP contribution is 2.32. The molecule has 5 nitrogen and oxygen atoms in total. The summed E-state index contributed by atoms with van der Waals surface area (Å²) >= 11 is 12.1. The first-order valence-electron chi connectivity index (χ1n) is 5.27. The third-order valence-electron chi connectivity index (χ3n) is 2.39. The number of rotatable bonds is 3. The summed E-state index contributed by atoms with van der Waals surface area (Å²) in [6, 6.07) is 6.29. The lowest BCUT2D eigenvalue weighted by molar-refractivity contribution is 0.0690. The van der Waals surface area contributed by atoms with Crippen LogP contribution in [0.1, 0.15) is 10.5 Å². The first-order chi connectivity index (χ1) is 9.02. The lowest BCUT2D eigenvalue weighted by Gasteiger charge is -2.08. The van der Waals surface area contributed by atoms with E-state index in [1.54, 1.807) is 25.2 Å². The van der Waals surface area contributed by atoms with Crippen molar-refractivity contribution in [2.24, 2.45) is 0 Å². The fourth-order valence-electron chi connectivity index (χ4n) is 1.51. The molecule has 1 aromatic heterocycles.